The van der Waals surface area contributed by atoms with Gasteiger partial charge in [-0.1, -0.05) is 30.3 Å². The monoisotopic (exact) mass is 460 g/mol. The van der Waals surface area contributed by atoms with Crippen LogP contribution in [0.15, 0.2) is 60.3 Å². The standard InChI is InChI=1S/C25H21FN4O4/c26-19-8-2-4-10-21(19)30-24(33)18(23(32)27-25(30)34)13-16-14-29(20-9-3-1-7-17(16)20)15-22(31)28-11-5-6-12-28/h1-4,7-10,13-14H,5-6,11-12,15H2,(H,27,32,34). The van der Waals surface area contributed by atoms with Gasteiger partial charge >= 0.3 is 6.03 Å². The van der Waals surface area contributed by atoms with E-state index in [1.165, 1.54) is 24.3 Å². The predicted octanol–water partition coefficient (Wildman–Crippen LogP) is 3.07. The van der Waals surface area contributed by atoms with Crippen LogP contribution in [-0.4, -0.2) is 46.3 Å². The molecule has 172 valence electrons. The van der Waals surface area contributed by atoms with Crippen molar-refractivity contribution in [1.29, 1.82) is 0 Å². The molecular formula is C25H21FN4O4. The highest BCUT2D eigenvalue weighted by molar-refractivity contribution is 6.39. The summed E-state index contributed by atoms with van der Waals surface area (Å²) in [5.41, 5.74) is 0.748. The summed E-state index contributed by atoms with van der Waals surface area (Å²) in [6.07, 6.45) is 5.06. The summed E-state index contributed by atoms with van der Waals surface area (Å²) < 4.78 is 16.1. The van der Waals surface area contributed by atoms with E-state index in [4.69, 9.17) is 0 Å². The molecule has 1 aromatic heterocycles. The molecule has 2 aromatic carbocycles. The molecule has 2 fully saturated rings. The summed E-state index contributed by atoms with van der Waals surface area (Å²) in [6, 6.07) is 11.7. The molecule has 1 N–H and O–H groups in total. The van der Waals surface area contributed by atoms with Gasteiger partial charge in [-0.3, -0.25) is 19.7 Å². The van der Waals surface area contributed by atoms with Crippen LogP contribution >= 0.6 is 0 Å². The van der Waals surface area contributed by atoms with Crippen molar-refractivity contribution in [3.63, 3.8) is 0 Å². The van der Waals surface area contributed by atoms with Gasteiger partial charge in [-0.2, -0.15) is 0 Å². The molecule has 0 atom stereocenters. The van der Waals surface area contributed by atoms with E-state index in [1.807, 2.05) is 29.2 Å². The third-order valence-electron chi connectivity index (χ3n) is 6.08. The number of fused-ring (bicyclic) bond motifs is 1. The van der Waals surface area contributed by atoms with Crippen LogP contribution in [0.2, 0.25) is 0 Å². The van der Waals surface area contributed by atoms with Crippen LogP contribution in [0.3, 0.4) is 0 Å². The number of para-hydroxylation sites is 2. The number of nitrogens with one attached hydrogen (secondary N) is 1. The summed E-state index contributed by atoms with van der Waals surface area (Å²) >= 11 is 0. The van der Waals surface area contributed by atoms with E-state index in [0.717, 1.165) is 42.9 Å². The average molecular weight is 460 g/mol. The fraction of sp³-hybridized carbons (Fsp3) is 0.200. The molecule has 2 aliphatic heterocycles. The maximum atomic E-state index is 14.3. The first-order valence-corrected chi connectivity index (χ1v) is 11.0. The normalized spacial score (nSPS) is 17.7. The molecule has 0 saturated carbocycles. The first-order valence-electron chi connectivity index (χ1n) is 11.0. The van der Waals surface area contributed by atoms with E-state index in [1.54, 1.807) is 10.8 Å². The van der Waals surface area contributed by atoms with Crippen LogP contribution in [0.5, 0.6) is 0 Å². The maximum Gasteiger partial charge on any atom is 0.336 e. The van der Waals surface area contributed by atoms with E-state index in [9.17, 15) is 23.6 Å². The van der Waals surface area contributed by atoms with Gasteiger partial charge in [-0.15, -0.1) is 0 Å². The number of halogens is 1. The Kier molecular flexibility index (Phi) is 5.45. The number of anilines is 1. The zero-order chi connectivity index (χ0) is 23.8. The zero-order valence-corrected chi connectivity index (χ0v) is 18.2. The lowest BCUT2D eigenvalue weighted by molar-refractivity contribution is -0.130. The van der Waals surface area contributed by atoms with Crippen LogP contribution in [0.4, 0.5) is 14.9 Å². The third kappa shape index (κ3) is 3.75. The lowest BCUT2D eigenvalue weighted by Crippen LogP contribution is -2.54. The number of hydrogen-bond donors (Lipinski definition) is 1. The molecular weight excluding hydrogens is 439 g/mol. The minimum absolute atomic E-state index is 0.000247. The number of carbonyl (C=O) groups is 4. The lowest BCUT2D eigenvalue weighted by atomic mass is 10.1. The van der Waals surface area contributed by atoms with Crippen LogP contribution in [0.1, 0.15) is 18.4 Å². The molecule has 3 aromatic rings. The molecule has 8 nitrogen and oxygen atoms in total. The van der Waals surface area contributed by atoms with Crippen molar-refractivity contribution in [3.05, 3.63) is 71.7 Å². The van der Waals surface area contributed by atoms with Gasteiger partial charge in [0.25, 0.3) is 11.8 Å². The summed E-state index contributed by atoms with van der Waals surface area (Å²) in [6.45, 7) is 1.61. The number of benzene rings is 2. The van der Waals surface area contributed by atoms with Gasteiger partial charge in [0.2, 0.25) is 5.91 Å². The molecule has 2 saturated heterocycles. The summed E-state index contributed by atoms with van der Waals surface area (Å²) in [5.74, 6) is -2.56. The number of imide groups is 2. The zero-order valence-electron chi connectivity index (χ0n) is 18.2. The average Bonchev–Trinajstić information content (AvgIpc) is 3.47. The quantitative estimate of drug-likeness (QED) is 0.479. The van der Waals surface area contributed by atoms with Crippen molar-refractivity contribution in [3.8, 4) is 0 Å². The number of likely N-dealkylation sites (tertiary alicyclic amines) is 1. The van der Waals surface area contributed by atoms with Crippen LogP contribution in [0, 0.1) is 5.82 Å². The number of barbiturate groups is 1. The van der Waals surface area contributed by atoms with E-state index < -0.39 is 23.7 Å². The fourth-order valence-corrected chi connectivity index (χ4v) is 4.40. The molecule has 9 heteroatoms. The summed E-state index contributed by atoms with van der Waals surface area (Å²) in [4.78, 5) is 53.2. The Morgan fingerprint density at radius 3 is 2.47 bits per heavy atom. The molecule has 5 amide bonds. The topological polar surface area (TPSA) is 91.7 Å². The third-order valence-corrected chi connectivity index (χ3v) is 6.08. The molecule has 0 unspecified atom stereocenters. The summed E-state index contributed by atoms with van der Waals surface area (Å²) in [7, 11) is 0. The van der Waals surface area contributed by atoms with Crippen molar-refractivity contribution in [1.82, 2.24) is 14.8 Å². The Bertz CT molecular complexity index is 1370. The largest absolute Gasteiger partial charge is 0.341 e. The highest BCUT2D eigenvalue weighted by Gasteiger charge is 2.38. The molecule has 5 rings (SSSR count). The number of hydrogen-bond acceptors (Lipinski definition) is 4. The molecule has 0 aliphatic carbocycles. The first kappa shape index (κ1) is 21.6. The molecule has 2 aliphatic rings. The van der Waals surface area contributed by atoms with Gasteiger partial charge in [-0.25, -0.2) is 14.1 Å². The Labute approximate surface area is 194 Å². The van der Waals surface area contributed by atoms with Crippen LogP contribution < -0.4 is 10.2 Å². The number of nitrogens with zero attached hydrogens (tertiary/aromatic N) is 3. The van der Waals surface area contributed by atoms with Gasteiger partial charge in [0.15, 0.2) is 0 Å². The van der Waals surface area contributed by atoms with Gasteiger partial charge in [0.05, 0.1) is 5.69 Å². The predicted molar refractivity (Wildman–Crippen MR) is 123 cm³/mol. The van der Waals surface area contributed by atoms with Gasteiger partial charge in [0.1, 0.15) is 17.9 Å². The Hall–Kier alpha value is -4.27. The maximum absolute atomic E-state index is 14.3. The summed E-state index contributed by atoms with van der Waals surface area (Å²) in [5, 5.41) is 2.84. The molecule has 3 heterocycles. The number of urea groups is 1. The lowest BCUT2D eigenvalue weighted by Gasteiger charge is -2.26. The minimum Gasteiger partial charge on any atom is -0.341 e. The number of aromatic nitrogens is 1. The van der Waals surface area contributed by atoms with E-state index in [-0.39, 0.29) is 23.7 Å². The number of rotatable bonds is 4. The van der Waals surface area contributed by atoms with Crippen molar-refractivity contribution in [2.75, 3.05) is 18.0 Å². The van der Waals surface area contributed by atoms with Crippen LogP contribution in [-0.2, 0) is 20.9 Å². The second-order valence-electron chi connectivity index (χ2n) is 8.23. The molecule has 0 radical (unpaired) electrons. The van der Waals surface area contributed by atoms with E-state index in [0.29, 0.717) is 10.5 Å². The smallest absolute Gasteiger partial charge is 0.336 e. The second kappa shape index (κ2) is 8.58. The van der Waals surface area contributed by atoms with Crippen molar-refractivity contribution >= 4 is 46.4 Å². The highest BCUT2D eigenvalue weighted by atomic mass is 19.1. The van der Waals surface area contributed by atoms with Crippen molar-refractivity contribution in [2.24, 2.45) is 0 Å². The van der Waals surface area contributed by atoms with Crippen molar-refractivity contribution < 1.29 is 23.6 Å². The van der Waals surface area contributed by atoms with Gasteiger partial charge in [-0.05, 0) is 37.1 Å². The Morgan fingerprint density at radius 1 is 1.00 bits per heavy atom. The molecule has 0 spiro atoms. The molecule has 0 bridgehead atoms. The first-order chi connectivity index (χ1) is 16.4. The number of carbonyl (C=O) groups excluding carboxylic acids is 4. The Morgan fingerprint density at radius 2 is 1.71 bits per heavy atom. The molecule has 34 heavy (non-hydrogen) atoms. The van der Waals surface area contributed by atoms with E-state index >= 15 is 0 Å². The van der Waals surface area contributed by atoms with Crippen LogP contribution in [0.25, 0.3) is 17.0 Å². The van der Waals surface area contributed by atoms with Gasteiger partial charge < -0.3 is 9.47 Å². The second-order valence-corrected chi connectivity index (χ2v) is 8.23. The highest BCUT2D eigenvalue weighted by Crippen LogP contribution is 2.28. The fourth-order valence-electron chi connectivity index (χ4n) is 4.40. The Balaban J connectivity index is 1.54. The SMILES string of the molecule is O=C1NC(=O)N(c2ccccc2F)C(=O)C1=Cc1cn(CC(=O)N2CCCC2)c2ccccc12. The van der Waals surface area contributed by atoms with Gasteiger partial charge in [0, 0.05) is 35.8 Å². The minimum atomic E-state index is -1.02. The van der Waals surface area contributed by atoms with Crippen molar-refractivity contribution in [2.45, 2.75) is 19.4 Å². The number of amides is 5. The van der Waals surface area contributed by atoms with E-state index in [2.05, 4.69) is 5.32 Å².